The molecule has 0 aliphatic carbocycles. The second kappa shape index (κ2) is 5.07. The lowest BCUT2D eigenvalue weighted by Crippen LogP contribution is -2.33. The first-order valence-corrected chi connectivity index (χ1v) is 5.31. The van der Waals surface area contributed by atoms with Crippen molar-refractivity contribution in [3.63, 3.8) is 0 Å². The summed E-state index contributed by atoms with van der Waals surface area (Å²) < 4.78 is 0. The lowest BCUT2D eigenvalue weighted by molar-refractivity contribution is -0.119. The summed E-state index contributed by atoms with van der Waals surface area (Å²) in [5.41, 5.74) is 8.14. The van der Waals surface area contributed by atoms with E-state index in [2.05, 4.69) is 5.32 Å². The SMILES string of the molecule is CNC(=O)CN(C)c1cc(Cl)c(N)cc1C. The Morgan fingerprint density at radius 2 is 2.19 bits per heavy atom. The maximum Gasteiger partial charge on any atom is 0.239 e. The third-order valence-corrected chi connectivity index (χ3v) is 2.71. The smallest absolute Gasteiger partial charge is 0.239 e. The zero-order valence-electron chi connectivity index (χ0n) is 9.67. The summed E-state index contributed by atoms with van der Waals surface area (Å²) in [6.07, 6.45) is 0. The Morgan fingerprint density at radius 1 is 1.56 bits per heavy atom. The Kier molecular flexibility index (Phi) is 4.01. The molecule has 1 rings (SSSR count). The third kappa shape index (κ3) is 2.79. The van der Waals surface area contributed by atoms with Gasteiger partial charge in [0.25, 0.3) is 0 Å². The Bertz CT molecular complexity index is 406. The molecule has 0 heterocycles. The van der Waals surface area contributed by atoms with Crippen LogP contribution in [0, 0.1) is 6.92 Å². The van der Waals surface area contributed by atoms with Gasteiger partial charge in [-0.05, 0) is 24.6 Å². The Hall–Kier alpha value is -1.42. The van der Waals surface area contributed by atoms with Crippen LogP contribution in [0.3, 0.4) is 0 Å². The number of hydrogen-bond acceptors (Lipinski definition) is 3. The minimum atomic E-state index is -0.0464. The van der Waals surface area contributed by atoms with Crippen LogP contribution < -0.4 is 16.0 Å². The summed E-state index contributed by atoms with van der Waals surface area (Å²) in [5.74, 6) is -0.0464. The molecule has 0 fully saturated rings. The van der Waals surface area contributed by atoms with Crippen LogP contribution in [-0.4, -0.2) is 26.5 Å². The molecule has 0 spiro atoms. The predicted octanol–water partition coefficient (Wildman–Crippen LogP) is 1.41. The number of hydrogen-bond donors (Lipinski definition) is 2. The van der Waals surface area contributed by atoms with Gasteiger partial charge in [0.15, 0.2) is 0 Å². The molecule has 4 nitrogen and oxygen atoms in total. The largest absolute Gasteiger partial charge is 0.398 e. The minimum Gasteiger partial charge on any atom is -0.398 e. The first-order chi connectivity index (χ1) is 7.45. The maximum absolute atomic E-state index is 11.2. The van der Waals surface area contributed by atoms with Gasteiger partial charge in [-0.15, -0.1) is 0 Å². The van der Waals surface area contributed by atoms with Crippen molar-refractivity contribution in [1.29, 1.82) is 0 Å². The molecular weight excluding hydrogens is 226 g/mol. The van der Waals surface area contributed by atoms with Gasteiger partial charge in [-0.3, -0.25) is 4.79 Å². The number of benzene rings is 1. The van der Waals surface area contributed by atoms with E-state index in [0.29, 0.717) is 10.7 Å². The molecule has 88 valence electrons. The molecule has 0 atom stereocenters. The van der Waals surface area contributed by atoms with Crippen molar-refractivity contribution in [2.24, 2.45) is 0 Å². The van der Waals surface area contributed by atoms with Gasteiger partial charge in [-0.1, -0.05) is 11.6 Å². The number of nitrogen functional groups attached to an aromatic ring is 1. The number of nitrogens with two attached hydrogens (primary N) is 1. The zero-order chi connectivity index (χ0) is 12.3. The van der Waals surface area contributed by atoms with Crippen LogP contribution in [0.5, 0.6) is 0 Å². The highest BCUT2D eigenvalue weighted by molar-refractivity contribution is 6.33. The second-order valence-corrected chi connectivity index (χ2v) is 4.10. The van der Waals surface area contributed by atoms with Gasteiger partial charge in [0.1, 0.15) is 0 Å². The molecule has 1 amide bonds. The average molecular weight is 242 g/mol. The van der Waals surface area contributed by atoms with Crippen LogP contribution >= 0.6 is 11.6 Å². The number of likely N-dealkylation sites (N-methyl/N-ethyl adjacent to an activating group) is 2. The predicted molar refractivity (Wildman–Crippen MR) is 67.9 cm³/mol. The van der Waals surface area contributed by atoms with E-state index in [1.165, 1.54) is 0 Å². The number of nitrogens with zero attached hydrogens (tertiary/aromatic N) is 1. The Labute approximate surface area is 100 Å². The molecule has 0 aromatic heterocycles. The highest BCUT2D eigenvalue weighted by atomic mass is 35.5. The lowest BCUT2D eigenvalue weighted by Gasteiger charge is -2.21. The summed E-state index contributed by atoms with van der Waals surface area (Å²) in [4.78, 5) is 13.1. The van der Waals surface area contributed by atoms with Crippen LogP contribution in [-0.2, 0) is 4.79 Å². The topological polar surface area (TPSA) is 58.4 Å². The number of halogens is 1. The van der Waals surface area contributed by atoms with E-state index >= 15 is 0 Å². The summed E-state index contributed by atoms with van der Waals surface area (Å²) in [5, 5.41) is 3.08. The Balaban J connectivity index is 2.95. The molecular formula is C11H16ClN3O. The van der Waals surface area contributed by atoms with Crippen molar-refractivity contribution < 1.29 is 4.79 Å². The fraction of sp³-hybridized carbons (Fsp3) is 0.364. The molecule has 3 N–H and O–H groups in total. The maximum atomic E-state index is 11.2. The van der Waals surface area contributed by atoms with Gasteiger partial charge in [0.05, 0.1) is 17.3 Å². The quantitative estimate of drug-likeness (QED) is 0.787. The Morgan fingerprint density at radius 3 is 2.75 bits per heavy atom. The number of carbonyl (C=O) groups is 1. The van der Waals surface area contributed by atoms with Crippen LogP contribution in [0.2, 0.25) is 5.02 Å². The van der Waals surface area contributed by atoms with Crippen LogP contribution in [0.4, 0.5) is 11.4 Å². The second-order valence-electron chi connectivity index (χ2n) is 3.69. The van der Waals surface area contributed by atoms with E-state index in [4.69, 9.17) is 17.3 Å². The van der Waals surface area contributed by atoms with E-state index in [-0.39, 0.29) is 12.5 Å². The van der Waals surface area contributed by atoms with E-state index in [0.717, 1.165) is 11.3 Å². The van der Waals surface area contributed by atoms with Gasteiger partial charge in [-0.25, -0.2) is 0 Å². The van der Waals surface area contributed by atoms with Crippen LogP contribution in [0.15, 0.2) is 12.1 Å². The molecule has 0 aliphatic rings. The van der Waals surface area contributed by atoms with Crippen molar-refractivity contribution in [2.75, 3.05) is 31.3 Å². The first-order valence-electron chi connectivity index (χ1n) is 4.93. The van der Waals surface area contributed by atoms with Gasteiger partial charge >= 0.3 is 0 Å². The fourth-order valence-electron chi connectivity index (χ4n) is 1.48. The van der Waals surface area contributed by atoms with Crippen molar-refractivity contribution in [3.8, 4) is 0 Å². The fourth-order valence-corrected chi connectivity index (χ4v) is 1.64. The van der Waals surface area contributed by atoms with Crippen LogP contribution in [0.1, 0.15) is 5.56 Å². The highest BCUT2D eigenvalue weighted by Gasteiger charge is 2.10. The summed E-state index contributed by atoms with van der Waals surface area (Å²) in [7, 11) is 3.45. The lowest BCUT2D eigenvalue weighted by atomic mass is 10.1. The van der Waals surface area contributed by atoms with Gasteiger partial charge in [-0.2, -0.15) is 0 Å². The monoisotopic (exact) mass is 241 g/mol. The third-order valence-electron chi connectivity index (χ3n) is 2.39. The van der Waals surface area contributed by atoms with Crippen molar-refractivity contribution in [1.82, 2.24) is 5.32 Å². The number of carbonyl (C=O) groups excluding carboxylic acids is 1. The molecule has 0 unspecified atom stereocenters. The highest BCUT2D eigenvalue weighted by Crippen LogP contribution is 2.28. The van der Waals surface area contributed by atoms with Gasteiger partial charge < -0.3 is 16.0 Å². The number of nitrogens with one attached hydrogen (secondary N) is 1. The summed E-state index contributed by atoms with van der Waals surface area (Å²) in [6.45, 7) is 2.22. The van der Waals surface area contributed by atoms with Crippen molar-refractivity contribution >= 4 is 28.9 Å². The number of aryl methyl sites for hydroxylation is 1. The van der Waals surface area contributed by atoms with E-state index in [1.807, 2.05) is 18.9 Å². The molecule has 16 heavy (non-hydrogen) atoms. The van der Waals surface area contributed by atoms with E-state index in [1.54, 1.807) is 19.2 Å². The molecule has 0 radical (unpaired) electrons. The van der Waals surface area contributed by atoms with Crippen molar-refractivity contribution in [3.05, 3.63) is 22.7 Å². The normalized spacial score (nSPS) is 10.0. The van der Waals surface area contributed by atoms with Crippen molar-refractivity contribution in [2.45, 2.75) is 6.92 Å². The molecule has 0 bridgehead atoms. The van der Waals surface area contributed by atoms with Gasteiger partial charge in [0, 0.05) is 19.8 Å². The molecule has 5 heteroatoms. The number of rotatable bonds is 3. The number of amides is 1. The minimum absolute atomic E-state index is 0.0464. The standard InChI is InChI=1S/C11H16ClN3O/c1-7-4-9(13)8(12)5-10(7)15(3)6-11(16)14-2/h4-5H,6,13H2,1-3H3,(H,14,16). The summed E-state index contributed by atoms with van der Waals surface area (Å²) in [6, 6.07) is 3.58. The van der Waals surface area contributed by atoms with Crippen LogP contribution in [0.25, 0.3) is 0 Å². The molecule has 0 saturated carbocycles. The zero-order valence-corrected chi connectivity index (χ0v) is 10.4. The molecule has 0 aliphatic heterocycles. The molecule has 1 aromatic carbocycles. The number of anilines is 2. The van der Waals surface area contributed by atoms with E-state index in [9.17, 15) is 4.79 Å². The molecule has 0 saturated heterocycles. The first kappa shape index (κ1) is 12.6. The van der Waals surface area contributed by atoms with Gasteiger partial charge in [0.2, 0.25) is 5.91 Å². The summed E-state index contributed by atoms with van der Waals surface area (Å²) >= 11 is 5.95. The molecule has 1 aromatic rings. The van der Waals surface area contributed by atoms with E-state index < -0.39 is 0 Å². The average Bonchev–Trinajstić information content (AvgIpc) is 2.23.